The van der Waals surface area contributed by atoms with Crippen LogP contribution in [0.2, 0.25) is 0 Å². The first-order valence-corrected chi connectivity index (χ1v) is 18.1. The fourth-order valence-electron chi connectivity index (χ4n) is 14.1. The number of rotatable bonds is 0. The van der Waals surface area contributed by atoms with E-state index in [0.717, 1.165) is 84.9 Å². The Morgan fingerprint density at radius 3 is 2.02 bits per heavy atom. The summed E-state index contributed by atoms with van der Waals surface area (Å²) < 4.78 is 0. The standard InChI is InChI=1S/C19H28O2.C19H32/c1-18-9-7-13(20)11-12(18)3-4-14-15-5-6-17(21)19(15,2)10-8-16(14)18;1-18-11-5-7-16(18)15-9-8-14-6-3-4-12-19(14,2)17(15)10-13-18/h12,14-16H,3-11H2,1-2H3;14-17H,3-13H2,1-2H3/t12-,14-,15-,16-,18-,19-;14-,15+,16+,17+,18+,19+/m01/s1. The molecule has 8 aliphatic rings. The van der Waals surface area contributed by atoms with E-state index in [1.807, 2.05) is 0 Å². The highest BCUT2D eigenvalue weighted by Gasteiger charge is 2.60. The van der Waals surface area contributed by atoms with E-state index in [0.29, 0.717) is 28.8 Å². The lowest BCUT2D eigenvalue weighted by molar-refractivity contribution is -0.144. The Morgan fingerprint density at radius 1 is 0.525 bits per heavy atom. The molecule has 0 aromatic heterocycles. The van der Waals surface area contributed by atoms with E-state index in [1.54, 1.807) is 51.4 Å². The predicted octanol–water partition coefficient (Wildman–Crippen LogP) is 9.98. The minimum atomic E-state index is -0.00511. The number of carbonyl (C=O) groups excluding carboxylic acids is 2. The van der Waals surface area contributed by atoms with Crippen LogP contribution in [0.4, 0.5) is 0 Å². The zero-order chi connectivity index (χ0) is 27.9. The van der Waals surface area contributed by atoms with Crippen LogP contribution in [0.1, 0.15) is 156 Å². The third kappa shape index (κ3) is 4.12. The second-order valence-electron chi connectivity index (χ2n) is 17.8. The van der Waals surface area contributed by atoms with Crippen molar-refractivity contribution in [2.24, 2.45) is 69.0 Å². The maximum atomic E-state index is 12.4. The molecule has 0 spiro atoms. The molecule has 224 valence electrons. The van der Waals surface area contributed by atoms with Crippen molar-refractivity contribution < 1.29 is 9.59 Å². The van der Waals surface area contributed by atoms with Crippen LogP contribution in [-0.2, 0) is 9.59 Å². The van der Waals surface area contributed by atoms with Gasteiger partial charge in [0, 0.05) is 24.7 Å². The molecule has 2 nitrogen and oxygen atoms in total. The molecule has 0 aromatic carbocycles. The summed E-state index contributed by atoms with van der Waals surface area (Å²) in [5.74, 6) is 8.23. The van der Waals surface area contributed by atoms with E-state index in [2.05, 4.69) is 27.7 Å². The molecule has 0 saturated heterocycles. The number of hydrogen-bond donors (Lipinski definition) is 0. The molecule has 0 unspecified atom stereocenters. The van der Waals surface area contributed by atoms with Gasteiger partial charge in [-0.1, -0.05) is 47.0 Å². The number of ketones is 2. The first-order chi connectivity index (χ1) is 19.1. The van der Waals surface area contributed by atoms with Crippen molar-refractivity contribution in [3.8, 4) is 0 Å². The smallest absolute Gasteiger partial charge is 0.139 e. The van der Waals surface area contributed by atoms with Crippen LogP contribution in [0.3, 0.4) is 0 Å². The Hall–Kier alpha value is -0.660. The van der Waals surface area contributed by atoms with Gasteiger partial charge in [0.15, 0.2) is 0 Å². The SMILES string of the molecule is C[C@@]12CCC[C@H]1[C@@H]1CC[C@H]3CCCC[C@]3(C)[C@H]1CC2.C[C@]12CCC(=O)C[C@@H]1CC[C@@H]1[C@@H]2CC[C@]2(C)C(=O)CC[C@@H]12. The third-order valence-corrected chi connectivity index (χ3v) is 16.6. The second kappa shape index (κ2) is 9.94. The molecule has 2 heteroatoms. The van der Waals surface area contributed by atoms with Crippen molar-refractivity contribution in [3.05, 3.63) is 0 Å². The molecule has 0 aromatic rings. The molecule has 0 N–H and O–H groups in total. The average molecular weight is 549 g/mol. The number of Topliss-reactive ketones (excluding diaryl/α,β-unsaturated/α-hetero) is 2. The summed E-state index contributed by atoms with van der Waals surface area (Å²) in [6, 6.07) is 0. The van der Waals surface area contributed by atoms with E-state index >= 15 is 0 Å². The van der Waals surface area contributed by atoms with Crippen molar-refractivity contribution in [2.75, 3.05) is 0 Å². The molecule has 40 heavy (non-hydrogen) atoms. The highest BCUT2D eigenvalue weighted by atomic mass is 16.1. The van der Waals surface area contributed by atoms with Crippen molar-refractivity contribution in [3.63, 3.8) is 0 Å². The molecule has 0 aliphatic heterocycles. The minimum absolute atomic E-state index is 0.00511. The van der Waals surface area contributed by atoms with E-state index in [-0.39, 0.29) is 5.41 Å². The van der Waals surface area contributed by atoms with Crippen LogP contribution >= 0.6 is 0 Å². The molecule has 0 radical (unpaired) electrons. The Morgan fingerprint density at radius 2 is 1.23 bits per heavy atom. The van der Waals surface area contributed by atoms with Crippen LogP contribution in [0, 0.1) is 69.0 Å². The molecule has 8 rings (SSSR count). The molecule has 8 fully saturated rings. The molecular formula is C38H60O2. The van der Waals surface area contributed by atoms with Gasteiger partial charge in [0.25, 0.3) is 0 Å². The molecule has 0 heterocycles. The van der Waals surface area contributed by atoms with Crippen LogP contribution in [0.25, 0.3) is 0 Å². The van der Waals surface area contributed by atoms with Crippen LogP contribution < -0.4 is 0 Å². The van der Waals surface area contributed by atoms with Crippen molar-refractivity contribution in [1.29, 1.82) is 0 Å². The maximum absolute atomic E-state index is 12.4. The van der Waals surface area contributed by atoms with E-state index < -0.39 is 0 Å². The van der Waals surface area contributed by atoms with Gasteiger partial charge in [-0.25, -0.2) is 0 Å². The van der Waals surface area contributed by atoms with Gasteiger partial charge in [-0.3, -0.25) is 9.59 Å². The van der Waals surface area contributed by atoms with Crippen molar-refractivity contribution in [1.82, 2.24) is 0 Å². The largest absolute Gasteiger partial charge is 0.300 e. The monoisotopic (exact) mass is 548 g/mol. The van der Waals surface area contributed by atoms with E-state index in [4.69, 9.17) is 0 Å². The zero-order valence-electron chi connectivity index (χ0n) is 26.6. The summed E-state index contributed by atoms with van der Waals surface area (Å²) in [5.41, 5.74) is 1.86. The van der Waals surface area contributed by atoms with Gasteiger partial charge in [-0.05, 0) is 153 Å². The average Bonchev–Trinajstić information content (AvgIpc) is 3.48. The van der Waals surface area contributed by atoms with Gasteiger partial charge in [-0.15, -0.1) is 0 Å². The highest BCUT2D eigenvalue weighted by Crippen LogP contribution is 2.67. The topological polar surface area (TPSA) is 34.1 Å². The Kier molecular flexibility index (Phi) is 6.99. The Bertz CT molecular complexity index is 1010. The first-order valence-electron chi connectivity index (χ1n) is 18.1. The Balaban J connectivity index is 0.000000133. The van der Waals surface area contributed by atoms with Gasteiger partial charge in [0.2, 0.25) is 0 Å². The quantitative estimate of drug-likeness (QED) is 0.302. The molecule has 0 bridgehead atoms. The summed E-state index contributed by atoms with van der Waals surface area (Å²) in [7, 11) is 0. The van der Waals surface area contributed by atoms with Gasteiger partial charge in [0.05, 0.1) is 0 Å². The summed E-state index contributed by atoms with van der Waals surface area (Å²) in [6.45, 7) is 10.1. The lowest BCUT2D eigenvalue weighted by atomic mass is 9.45. The number of carbonyl (C=O) groups is 2. The van der Waals surface area contributed by atoms with Gasteiger partial charge in [0.1, 0.15) is 11.6 Å². The molecule has 8 saturated carbocycles. The van der Waals surface area contributed by atoms with Crippen LogP contribution in [0.5, 0.6) is 0 Å². The van der Waals surface area contributed by atoms with Crippen LogP contribution in [0.15, 0.2) is 0 Å². The number of hydrogen-bond acceptors (Lipinski definition) is 2. The lowest BCUT2D eigenvalue weighted by Crippen LogP contribution is -2.53. The Labute approximate surface area is 246 Å². The predicted molar refractivity (Wildman–Crippen MR) is 163 cm³/mol. The molecule has 0 amide bonds. The summed E-state index contributed by atoms with van der Waals surface area (Å²) in [6.07, 6.45) is 26.6. The minimum Gasteiger partial charge on any atom is -0.300 e. The van der Waals surface area contributed by atoms with Crippen molar-refractivity contribution >= 4 is 11.6 Å². The highest BCUT2D eigenvalue weighted by molar-refractivity contribution is 5.87. The maximum Gasteiger partial charge on any atom is 0.139 e. The fraction of sp³-hybridized carbons (Fsp3) is 0.947. The van der Waals surface area contributed by atoms with Gasteiger partial charge >= 0.3 is 0 Å². The molecule has 12 atom stereocenters. The van der Waals surface area contributed by atoms with Gasteiger partial charge < -0.3 is 0 Å². The summed E-state index contributed by atoms with van der Waals surface area (Å²) in [4.78, 5) is 24.2. The van der Waals surface area contributed by atoms with Crippen LogP contribution in [-0.4, -0.2) is 11.6 Å². The first kappa shape index (κ1) is 28.1. The fourth-order valence-corrected chi connectivity index (χ4v) is 14.1. The lowest BCUT2D eigenvalue weighted by Gasteiger charge is -2.60. The normalized spacial score (nSPS) is 55.0. The summed E-state index contributed by atoms with van der Waals surface area (Å²) >= 11 is 0. The molecule has 8 aliphatic carbocycles. The second-order valence-corrected chi connectivity index (χ2v) is 17.8. The zero-order valence-corrected chi connectivity index (χ0v) is 26.6. The summed E-state index contributed by atoms with van der Waals surface area (Å²) in [5, 5.41) is 0. The van der Waals surface area contributed by atoms with E-state index in [1.165, 1.54) is 38.5 Å². The number of fused-ring (bicyclic) bond motifs is 10. The third-order valence-electron chi connectivity index (χ3n) is 16.6. The van der Waals surface area contributed by atoms with Crippen molar-refractivity contribution in [2.45, 2.75) is 156 Å². The molecular weight excluding hydrogens is 488 g/mol. The van der Waals surface area contributed by atoms with Gasteiger partial charge in [-0.2, -0.15) is 0 Å². The van der Waals surface area contributed by atoms with E-state index in [9.17, 15) is 9.59 Å².